The van der Waals surface area contributed by atoms with Crippen molar-refractivity contribution in [2.24, 2.45) is 0 Å². The second kappa shape index (κ2) is 13.0. The fraction of sp³-hybridized carbons (Fsp3) is 0.167. The molecular formula is C36H28ClF5O. The zero-order valence-electron chi connectivity index (χ0n) is 23.3. The van der Waals surface area contributed by atoms with Gasteiger partial charge in [0.25, 0.3) is 0 Å². The van der Waals surface area contributed by atoms with E-state index in [1.165, 1.54) is 24.3 Å². The molecule has 0 radical (unpaired) electrons. The number of hydrogen-bond acceptors (Lipinski definition) is 1. The first kappa shape index (κ1) is 30.3. The highest BCUT2D eigenvalue weighted by molar-refractivity contribution is 6.30. The number of ether oxygens (including phenoxy) is 1. The van der Waals surface area contributed by atoms with Gasteiger partial charge in [-0.15, -0.1) is 0 Å². The number of hydrogen-bond donors (Lipinski definition) is 0. The van der Waals surface area contributed by atoms with E-state index in [2.05, 4.69) is 6.92 Å². The summed E-state index contributed by atoms with van der Waals surface area (Å²) in [6.45, 7) is 2.14. The number of benzene rings is 5. The van der Waals surface area contributed by atoms with E-state index in [9.17, 15) is 8.78 Å². The maximum absolute atomic E-state index is 15.0. The largest absolute Gasteiger partial charge is 0.429 e. The lowest BCUT2D eigenvalue weighted by molar-refractivity contribution is -0.187. The molecule has 7 heteroatoms. The summed E-state index contributed by atoms with van der Waals surface area (Å²) in [5.74, 6) is -3.15. The minimum Gasteiger partial charge on any atom is -0.429 e. The summed E-state index contributed by atoms with van der Waals surface area (Å²) >= 11 is 5.89. The van der Waals surface area contributed by atoms with E-state index in [1.807, 2.05) is 24.3 Å². The molecule has 0 heterocycles. The molecule has 0 saturated heterocycles. The van der Waals surface area contributed by atoms with E-state index in [-0.39, 0.29) is 11.1 Å². The molecule has 1 nitrogen and oxygen atoms in total. The first-order chi connectivity index (χ1) is 20.6. The first-order valence-corrected chi connectivity index (χ1v) is 14.3. The lowest BCUT2D eigenvalue weighted by Gasteiger charge is -2.20. The molecule has 0 saturated carbocycles. The van der Waals surface area contributed by atoms with Gasteiger partial charge in [0, 0.05) is 22.2 Å². The van der Waals surface area contributed by atoms with Gasteiger partial charge in [-0.2, -0.15) is 8.78 Å². The van der Waals surface area contributed by atoms with Gasteiger partial charge in [0.05, 0.1) is 5.56 Å². The van der Waals surface area contributed by atoms with E-state index in [4.69, 9.17) is 16.3 Å². The molecule has 0 spiro atoms. The quantitative estimate of drug-likeness (QED) is 0.113. The van der Waals surface area contributed by atoms with E-state index < -0.39 is 34.9 Å². The molecule has 0 aromatic heterocycles. The van der Waals surface area contributed by atoms with Crippen molar-refractivity contribution in [3.8, 4) is 39.1 Å². The van der Waals surface area contributed by atoms with Gasteiger partial charge in [-0.3, -0.25) is 0 Å². The van der Waals surface area contributed by atoms with Crippen LogP contribution in [0.3, 0.4) is 0 Å². The molecule has 0 fully saturated rings. The second-order valence-corrected chi connectivity index (χ2v) is 10.7. The SMILES string of the molecule is CCCCCc1ccc(-c2ccc(C(F)(F)Oc3ccc(-c4ccc(-c5ccc(Cl)cc5)c(F)c4)c(F)c3)c(F)c2)cc1. The van der Waals surface area contributed by atoms with Gasteiger partial charge in [-0.25, -0.2) is 13.2 Å². The second-order valence-electron chi connectivity index (χ2n) is 10.3. The van der Waals surface area contributed by atoms with Crippen molar-refractivity contribution in [3.63, 3.8) is 0 Å². The van der Waals surface area contributed by atoms with Crippen molar-refractivity contribution >= 4 is 11.6 Å². The highest BCUT2D eigenvalue weighted by atomic mass is 35.5. The molecule has 220 valence electrons. The van der Waals surface area contributed by atoms with Crippen LogP contribution in [-0.2, 0) is 12.5 Å². The first-order valence-electron chi connectivity index (χ1n) is 14.0. The third-order valence-electron chi connectivity index (χ3n) is 7.26. The Bertz CT molecular complexity index is 1720. The van der Waals surface area contributed by atoms with Gasteiger partial charge < -0.3 is 4.74 Å². The van der Waals surface area contributed by atoms with E-state index in [1.54, 1.807) is 24.3 Å². The van der Waals surface area contributed by atoms with Crippen LogP contribution in [0.25, 0.3) is 33.4 Å². The predicted octanol–water partition coefficient (Wildman–Crippen LogP) is 11.6. The molecule has 43 heavy (non-hydrogen) atoms. The predicted molar refractivity (Wildman–Crippen MR) is 162 cm³/mol. The topological polar surface area (TPSA) is 9.23 Å². The Labute approximate surface area is 252 Å². The molecular weight excluding hydrogens is 579 g/mol. The van der Waals surface area contributed by atoms with Crippen molar-refractivity contribution in [2.45, 2.75) is 38.7 Å². The molecule has 5 aromatic carbocycles. The van der Waals surface area contributed by atoms with Crippen molar-refractivity contribution in [2.75, 3.05) is 0 Å². The minimum atomic E-state index is -4.08. The number of rotatable bonds is 10. The number of aryl methyl sites for hydroxylation is 1. The summed E-state index contributed by atoms with van der Waals surface area (Å²) in [5.41, 5.74) is 2.42. The molecule has 0 atom stereocenters. The number of unbranched alkanes of at least 4 members (excludes halogenated alkanes) is 2. The molecule has 0 aliphatic rings. The van der Waals surface area contributed by atoms with Gasteiger partial charge >= 0.3 is 6.11 Å². The van der Waals surface area contributed by atoms with Crippen molar-refractivity contribution in [3.05, 3.63) is 137 Å². The maximum Gasteiger partial charge on any atom is 0.429 e. The average Bonchev–Trinajstić information content (AvgIpc) is 2.98. The van der Waals surface area contributed by atoms with Crippen LogP contribution in [0.2, 0.25) is 5.02 Å². The van der Waals surface area contributed by atoms with Crippen LogP contribution >= 0.6 is 11.6 Å². The third kappa shape index (κ3) is 7.08. The van der Waals surface area contributed by atoms with E-state index >= 15 is 13.2 Å². The Hall–Kier alpha value is -4.16. The zero-order chi connectivity index (χ0) is 30.6. The third-order valence-corrected chi connectivity index (χ3v) is 7.51. The van der Waals surface area contributed by atoms with Crippen molar-refractivity contribution in [1.82, 2.24) is 0 Å². The lowest BCUT2D eigenvalue weighted by Crippen LogP contribution is -2.23. The normalized spacial score (nSPS) is 11.5. The van der Waals surface area contributed by atoms with Gasteiger partial charge in [-0.05, 0) is 83.1 Å². The van der Waals surface area contributed by atoms with Gasteiger partial charge in [0.15, 0.2) is 0 Å². The van der Waals surface area contributed by atoms with Crippen LogP contribution in [0.1, 0.15) is 37.3 Å². The summed E-state index contributed by atoms with van der Waals surface area (Å²) in [7, 11) is 0. The molecule has 0 bridgehead atoms. The van der Waals surface area contributed by atoms with Crippen LogP contribution in [0, 0.1) is 17.5 Å². The lowest BCUT2D eigenvalue weighted by atomic mass is 9.99. The Balaban J connectivity index is 1.31. The molecule has 5 rings (SSSR count). The molecule has 5 aromatic rings. The Morgan fingerprint density at radius 2 is 1.19 bits per heavy atom. The average molecular weight is 607 g/mol. The summed E-state index contributed by atoms with van der Waals surface area (Å²) in [5, 5.41) is 0.508. The van der Waals surface area contributed by atoms with Crippen LogP contribution in [0.15, 0.2) is 103 Å². The molecule has 0 unspecified atom stereocenters. The van der Waals surface area contributed by atoms with Crippen LogP contribution in [-0.4, -0.2) is 0 Å². The van der Waals surface area contributed by atoms with Crippen molar-refractivity contribution in [1.29, 1.82) is 0 Å². The minimum absolute atomic E-state index is 0.0101. The smallest absolute Gasteiger partial charge is 0.429 e. The van der Waals surface area contributed by atoms with Gasteiger partial charge in [0.2, 0.25) is 0 Å². The highest BCUT2D eigenvalue weighted by Gasteiger charge is 2.38. The van der Waals surface area contributed by atoms with Gasteiger partial charge in [-0.1, -0.05) is 86.0 Å². The Morgan fingerprint density at radius 3 is 1.84 bits per heavy atom. The molecule has 0 aliphatic carbocycles. The van der Waals surface area contributed by atoms with Crippen molar-refractivity contribution < 1.29 is 26.7 Å². The molecule has 0 N–H and O–H groups in total. The molecule has 0 aliphatic heterocycles. The summed E-state index contributed by atoms with van der Waals surface area (Å²) in [4.78, 5) is 0. The number of halogens is 6. The zero-order valence-corrected chi connectivity index (χ0v) is 24.1. The van der Waals surface area contributed by atoms with Crippen LogP contribution in [0.5, 0.6) is 5.75 Å². The van der Waals surface area contributed by atoms with Crippen LogP contribution < -0.4 is 4.74 Å². The summed E-state index contributed by atoms with van der Waals surface area (Å²) in [6.07, 6.45) is 0.214. The summed E-state index contributed by atoms with van der Waals surface area (Å²) in [6, 6.07) is 24.9. The maximum atomic E-state index is 15.0. The van der Waals surface area contributed by atoms with Gasteiger partial charge in [0.1, 0.15) is 23.2 Å². The number of alkyl halides is 2. The Kier molecular flexibility index (Phi) is 9.16. The summed E-state index contributed by atoms with van der Waals surface area (Å²) < 4.78 is 79.6. The standard InChI is InChI=1S/C36H28ClF5O/c1-2-3-4-5-23-6-8-24(9-7-23)26-13-19-32(35(40)20-26)36(41,42)43-29-16-18-31(34(39)22-29)27-12-17-30(33(38)21-27)25-10-14-28(37)15-11-25/h6-22H,2-5H2,1H3. The monoisotopic (exact) mass is 606 g/mol. The Morgan fingerprint density at radius 1 is 0.605 bits per heavy atom. The fourth-order valence-electron chi connectivity index (χ4n) is 4.92. The van der Waals surface area contributed by atoms with E-state index in [0.717, 1.165) is 61.6 Å². The molecule has 0 amide bonds. The van der Waals surface area contributed by atoms with E-state index in [0.29, 0.717) is 27.3 Å². The highest BCUT2D eigenvalue weighted by Crippen LogP contribution is 2.37. The fourth-order valence-corrected chi connectivity index (χ4v) is 5.04. The van der Waals surface area contributed by atoms with Crippen LogP contribution in [0.4, 0.5) is 22.0 Å².